The maximum Gasteiger partial charge on any atom is 0.143 e. The first-order valence-electron chi connectivity index (χ1n) is 9.66. The predicted octanol–water partition coefficient (Wildman–Crippen LogP) is 6.34. The van der Waals surface area contributed by atoms with E-state index in [4.69, 9.17) is 16.3 Å². The van der Waals surface area contributed by atoms with Gasteiger partial charge in [-0.25, -0.2) is 0 Å². The highest BCUT2D eigenvalue weighted by Crippen LogP contribution is 2.43. The van der Waals surface area contributed by atoms with Crippen LogP contribution < -0.4 is 4.74 Å². The van der Waals surface area contributed by atoms with Gasteiger partial charge in [-0.2, -0.15) is 0 Å². The standard InChI is InChI=1S/C24H22ClNO/c25-15-5-4-10-18-11-6-12-19-20-13-7-14-22-24(20)26(23(18)19)21(16-27-22)17-8-2-1-3-9-17/h1-3,6-9,11-14,21H,4-5,10,15-16H2. The van der Waals surface area contributed by atoms with Gasteiger partial charge in [0, 0.05) is 16.7 Å². The molecule has 0 amide bonds. The molecule has 0 radical (unpaired) electrons. The molecule has 0 bridgehead atoms. The van der Waals surface area contributed by atoms with Gasteiger partial charge in [0.15, 0.2) is 0 Å². The van der Waals surface area contributed by atoms with Crippen molar-refractivity contribution in [2.45, 2.75) is 25.3 Å². The lowest BCUT2D eigenvalue weighted by atomic mass is 10.0. The fraction of sp³-hybridized carbons (Fsp3) is 0.250. The van der Waals surface area contributed by atoms with E-state index in [1.807, 2.05) is 0 Å². The summed E-state index contributed by atoms with van der Waals surface area (Å²) in [4.78, 5) is 0. The summed E-state index contributed by atoms with van der Waals surface area (Å²) in [6.45, 7) is 0.663. The van der Waals surface area contributed by atoms with Gasteiger partial charge < -0.3 is 9.30 Å². The van der Waals surface area contributed by atoms with Crippen LogP contribution in [-0.4, -0.2) is 17.1 Å². The van der Waals surface area contributed by atoms with E-state index in [0.29, 0.717) is 6.61 Å². The van der Waals surface area contributed by atoms with Crippen LogP contribution in [0.1, 0.15) is 30.0 Å². The lowest BCUT2D eigenvalue weighted by Gasteiger charge is -2.28. The summed E-state index contributed by atoms with van der Waals surface area (Å²) in [6, 6.07) is 24.0. The number of ether oxygens (including phenoxy) is 1. The second kappa shape index (κ2) is 6.94. The molecule has 1 aliphatic rings. The molecule has 0 saturated carbocycles. The Morgan fingerprint density at radius 2 is 1.63 bits per heavy atom. The molecule has 0 saturated heterocycles. The number of fused-ring (bicyclic) bond motifs is 3. The Bertz CT molecular complexity index is 1100. The fourth-order valence-corrected chi connectivity index (χ4v) is 4.59. The minimum absolute atomic E-state index is 0.190. The Hall–Kier alpha value is -2.45. The number of hydrogen-bond acceptors (Lipinski definition) is 1. The number of benzene rings is 3. The van der Waals surface area contributed by atoms with Crippen LogP contribution >= 0.6 is 11.6 Å². The Labute approximate surface area is 164 Å². The summed E-state index contributed by atoms with van der Waals surface area (Å²) in [5.74, 6) is 1.71. The van der Waals surface area contributed by atoms with Crippen LogP contribution in [0.25, 0.3) is 21.8 Å². The molecule has 0 N–H and O–H groups in total. The molecule has 0 spiro atoms. The average molecular weight is 376 g/mol. The second-order valence-electron chi connectivity index (χ2n) is 7.22. The van der Waals surface area contributed by atoms with Gasteiger partial charge in [0.25, 0.3) is 0 Å². The zero-order chi connectivity index (χ0) is 18.2. The molecule has 5 rings (SSSR count). The topological polar surface area (TPSA) is 14.2 Å². The minimum Gasteiger partial charge on any atom is -0.489 e. The van der Waals surface area contributed by atoms with E-state index in [-0.39, 0.29) is 6.04 Å². The summed E-state index contributed by atoms with van der Waals surface area (Å²) in [7, 11) is 0. The maximum absolute atomic E-state index is 6.19. The predicted molar refractivity (Wildman–Crippen MR) is 113 cm³/mol. The Morgan fingerprint density at radius 3 is 2.44 bits per heavy atom. The lowest BCUT2D eigenvalue weighted by Crippen LogP contribution is -2.23. The van der Waals surface area contributed by atoms with Gasteiger partial charge in [0.05, 0.1) is 17.1 Å². The molecule has 2 heterocycles. The summed E-state index contributed by atoms with van der Waals surface area (Å²) in [6.07, 6.45) is 3.22. The zero-order valence-electron chi connectivity index (χ0n) is 15.2. The molecule has 3 aromatic carbocycles. The van der Waals surface area contributed by atoms with Crippen molar-refractivity contribution >= 4 is 33.4 Å². The summed E-state index contributed by atoms with van der Waals surface area (Å²) >= 11 is 5.92. The number of aromatic nitrogens is 1. The van der Waals surface area contributed by atoms with Crippen LogP contribution in [0.5, 0.6) is 5.75 Å². The van der Waals surface area contributed by atoms with Gasteiger partial charge in [-0.15, -0.1) is 11.6 Å². The number of halogens is 1. The molecule has 0 aliphatic carbocycles. The van der Waals surface area contributed by atoms with Crippen LogP contribution in [0.4, 0.5) is 0 Å². The number of alkyl halides is 1. The molecular formula is C24H22ClNO. The third kappa shape index (κ3) is 2.71. The molecule has 27 heavy (non-hydrogen) atoms. The molecule has 0 fully saturated rings. The molecule has 136 valence electrons. The first-order chi connectivity index (χ1) is 13.4. The van der Waals surface area contributed by atoms with E-state index in [1.54, 1.807) is 0 Å². The molecule has 4 aromatic rings. The molecule has 2 nitrogen and oxygen atoms in total. The summed E-state index contributed by atoms with van der Waals surface area (Å²) in [5.41, 5.74) is 5.27. The fourth-order valence-electron chi connectivity index (χ4n) is 4.40. The van der Waals surface area contributed by atoms with Gasteiger partial charge in [0.2, 0.25) is 0 Å². The molecule has 1 unspecified atom stereocenters. The number of para-hydroxylation sites is 2. The highest BCUT2D eigenvalue weighted by molar-refractivity contribution is 6.17. The first kappa shape index (κ1) is 16.7. The van der Waals surface area contributed by atoms with E-state index < -0.39 is 0 Å². The molecule has 1 atom stereocenters. The number of aryl methyl sites for hydroxylation is 1. The van der Waals surface area contributed by atoms with Crippen LogP contribution in [0, 0.1) is 0 Å². The Kier molecular flexibility index (Phi) is 4.29. The SMILES string of the molecule is ClCCCCc1cccc2c3cccc4c3n(c12)C(c1ccccc1)CO4. The van der Waals surface area contributed by atoms with E-state index in [2.05, 4.69) is 71.3 Å². The third-order valence-electron chi connectivity index (χ3n) is 5.61. The van der Waals surface area contributed by atoms with Crippen molar-refractivity contribution in [3.8, 4) is 5.75 Å². The van der Waals surface area contributed by atoms with Crippen LogP contribution in [0.2, 0.25) is 0 Å². The van der Waals surface area contributed by atoms with Crippen molar-refractivity contribution in [3.63, 3.8) is 0 Å². The highest BCUT2D eigenvalue weighted by Gasteiger charge is 2.27. The van der Waals surface area contributed by atoms with Crippen LogP contribution in [0.3, 0.4) is 0 Å². The quantitative estimate of drug-likeness (QED) is 0.293. The lowest BCUT2D eigenvalue weighted by molar-refractivity contribution is 0.262. The van der Waals surface area contributed by atoms with Gasteiger partial charge in [-0.1, -0.05) is 60.7 Å². The van der Waals surface area contributed by atoms with E-state index >= 15 is 0 Å². The zero-order valence-corrected chi connectivity index (χ0v) is 16.0. The van der Waals surface area contributed by atoms with Crippen molar-refractivity contribution < 1.29 is 4.74 Å². The highest BCUT2D eigenvalue weighted by atomic mass is 35.5. The summed E-state index contributed by atoms with van der Waals surface area (Å²) in [5, 5.41) is 2.60. The summed E-state index contributed by atoms with van der Waals surface area (Å²) < 4.78 is 8.71. The van der Waals surface area contributed by atoms with E-state index in [0.717, 1.165) is 30.9 Å². The first-order valence-corrected chi connectivity index (χ1v) is 10.2. The van der Waals surface area contributed by atoms with Gasteiger partial charge in [0.1, 0.15) is 12.4 Å². The number of unbranched alkanes of at least 4 members (excludes halogenated alkanes) is 1. The van der Waals surface area contributed by atoms with Crippen LogP contribution in [-0.2, 0) is 6.42 Å². The van der Waals surface area contributed by atoms with Crippen molar-refractivity contribution in [2.75, 3.05) is 12.5 Å². The number of rotatable bonds is 5. The largest absolute Gasteiger partial charge is 0.489 e. The molecule has 1 aliphatic heterocycles. The monoisotopic (exact) mass is 375 g/mol. The van der Waals surface area contributed by atoms with E-state index in [1.165, 1.54) is 32.9 Å². The average Bonchev–Trinajstić information content (AvgIpc) is 3.07. The minimum atomic E-state index is 0.190. The number of hydrogen-bond donors (Lipinski definition) is 0. The molecule has 1 aromatic heterocycles. The van der Waals surface area contributed by atoms with Gasteiger partial charge in [-0.05, 0) is 36.5 Å². The van der Waals surface area contributed by atoms with Gasteiger partial charge in [-0.3, -0.25) is 0 Å². The van der Waals surface area contributed by atoms with Crippen molar-refractivity contribution in [1.29, 1.82) is 0 Å². The second-order valence-corrected chi connectivity index (χ2v) is 7.60. The van der Waals surface area contributed by atoms with Crippen molar-refractivity contribution in [1.82, 2.24) is 4.57 Å². The van der Waals surface area contributed by atoms with Crippen LogP contribution in [0.15, 0.2) is 66.7 Å². The number of nitrogens with zero attached hydrogens (tertiary/aromatic N) is 1. The van der Waals surface area contributed by atoms with Crippen molar-refractivity contribution in [2.24, 2.45) is 0 Å². The van der Waals surface area contributed by atoms with Crippen molar-refractivity contribution in [3.05, 3.63) is 77.9 Å². The van der Waals surface area contributed by atoms with Gasteiger partial charge >= 0.3 is 0 Å². The molecule has 3 heteroatoms. The Balaban J connectivity index is 1.80. The maximum atomic E-state index is 6.19. The normalized spacial score (nSPS) is 16.0. The smallest absolute Gasteiger partial charge is 0.143 e. The Morgan fingerprint density at radius 1 is 0.852 bits per heavy atom. The van der Waals surface area contributed by atoms with E-state index in [9.17, 15) is 0 Å². The molecular weight excluding hydrogens is 354 g/mol. The third-order valence-corrected chi connectivity index (χ3v) is 5.88.